The molecule has 0 aliphatic carbocycles. The molecule has 2 rings (SSSR count). The van der Waals surface area contributed by atoms with Crippen molar-refractivity contribution in [2.75, 3.05) is 13.1 Å². The lowest BCUT2D eigenvalue weighted by Gasteiger charge is -2.35. The van der Waals surface area contributed by atoms with Crippen LogP contribution in [0.1, 0.15) is 11.1 Å². The van der Waals surface area contributed by atoms with Crippen molar-refractivity contribution in [2.45, 2.75) is 44.9 Å². The van der Waals surface area contributed by atoms with Crippen molar-refractivity contribution in [1.82, 2.24) is 4.90 Å². The molecule has 1 aromatic carbocycles. The summed E-state index contributed by atoms with van der Waals surface area (Å²) in [6.45, 7) is 6.50. The minimum atomic E-state index is -4.31. The lowest BCUT2D eigenvalue weighted by atomic mass is 10.00. The van der Waals surface area contributed by atoms with E-state index < -0.39 is 20.6 Å². The molecule has 0 aromatic heterocycles. The molecular weight excluding hydrogens is 295 g/mol. The van der Waals surface area contributed by atoms with Crippen LogP contribution in [0.5, 0.6) is 0 Å². The standard InChI is InChI=1S/C15H22F3NOSi/c1-21(2,3)20-14(15(16,17)18)11-19-9-8-12-6-4-5-7-13(12)10-19/h4-7,14H,8-11H2,1-3H3/t14-/m1/s1. The number of hydrogen-bond acceptors (Lipinski definition) is 2. The second-order valence-electron chi connectivity index (χ2n) is 6.51. The smallest absolute Gasteiger partial charge is 0.405 e. The van der Waals surface area contributed by atoms with Gasteiger partial charge in [-0.15, -0.1) is 0 Å². The first kappa shape index (κ1) is 16.5. The van der Waals surface area contributed by atoms with Crippen LogP contribution in [0.15, 0.2) is 24.3 Å². The highest BCUT2D eigenvalue weighted by molar-refractivity contribution is 6.69. The van der Waals surface area contributed by atoms with Crippen LogP contribution in [0.3, 0.4) is 0 Å². The van der Waals surface area contributed by atoms with Gasteiger partial charge in [-0.1, -0.05) is 24.3 Å². The van der Waals surface area contributed by atoms with Crippen molar-refractivity contribution in [3.8, 4) is 0 Å². The van der Waals surface area contributed by atoms with Crippen LogP contribution in [0.2, 0.25) is 19.6 Å². The summed E-state index contributed by atoms with van der Waals surface area (Å²) in [5.74, 6) is 0. The molecule has 0 saturated carbocycles. The highest BCUT2D eigenvalue weighted by atomic mass is 28.4. The Labute approximate surface area is 125 Å². The van der Waals surface area contributed by atoms with E-state index in [-0.39, 0.29) is 6.54 Å². The number of fused-ring (bicyclic) bond motifs is 1. The Balaban J connectivity index is 2.05. The van der Waals surface area contributed by atoms with E-state index >= 15 is 0 Å². The van der Waals surface area contributed by atoms with Crippen LogP contribution in [-0.2, 0) is 17.4 Å². The summed E-state index contributed by atoms with van der Waals surface area (Å²) in [6.07, 6.45) is -5.19. The summed E-state index contributed by atoms with van der Waals surface area (Å²) in [6, 6.07) is 7.94. The Bertz CT molecular complexity index is 485. The van der Waals surface area contributed by atoms with Gasteiger partial charge in [0.15, 0.2) is 14.4 Å². The summed E-state index contributed by atoms with van der Waals surface area (Å²) in [4.78, 5) is 1.85. The lowest BCUT2D eigenvalue weighted by molar-refractivity contribution is -0.202. The van der Waals surface area contributed by atoms with Crippen LogP contribution in [0, 0.1) is 0 Å². The first-order valence-electron chi connectivity index (χ1n) is 7.19. The predicted octanol–water partition coefficient (Wildman–Crippen LogP) is 3.83. The van der Waals surface area contributed by atoms with E-state index in [1.165, 1.54) is 5.56 Å². The van der Waals surface area contributed by atoms with E-state index in [0.717, 1.165) is 12.0 Å². The molecule has 0 unspecified atom stereocenters. The maximum absolute atomic E-state index is 13.2. The van der Waals surface area contributed by atoms with E-state index in [2.05, 4.69) is 0 Å². The molecular formula is C15H22F3NOSi. The molecule has 0 saturated heterocycles. The van der Waals surface area contributed by atoms with Crippen LogP contribution in [0.25, 0.3) is 0 Å². The summed E-state index contributed by atoms with van der Waals surface area (Å²) < 4.78 is 44.9. The Morgan fingerprint density at radius 3 is 2.38 bits per heavy atom. The molecule has 1 atom stereocenters. The largest absolute Gasteiger partial charge is 0.414 e. The van der Waals surface area contributed by atoms with Gasteiger partial charge in [-0.25, -0.2) is 0 Å². The van der Waals surface area contributed by atoms with Gasteiger partial charge in [-0.2, -0.15) is 13.2 Å². The van der Waals surface area contributed by atoms with E-state index in [1.54, 1.807) is 19.6 Å². The normalized spacial score (nSPS) is 18.4. The molecule has 0 bridgehead atoms. The van der Waals surface area contributed by atoms with Crippen LogP contribution in [-0.4, -0.2) is 38.6 Å². The molecule has 1 aliphatic rings. The number of nitrogens with zero attached hydrogens (tertiary/aromatic N) is 1. The minimum absolute atomic E-state index is 0.0812. The average Bonchev–Trinajstić information content (AvgIpc) is 2.35. The van der Waals surface area contributed by atoms with Gasteiger partial charge in [0.25, 0.3) is 0 Å². The zero-order valence-corrected chi connectivity index (χ0v) is 13.7. The second-order valence-corrected chi connectivity index (χ2v) is 11.0. The molecule has 118 valence electrons. The maximum Gasteiger partial charge on any atom is 0.414 e. The van der Waals surface area contributed by atoms with E-state index in [0.29, 0.717) is 13.1 Å². The van der Waals surface area contributed by atoms with Crippen molar-refractivity contribution < 1.29 is 17.6 Å². The molecule has 2 nitrogen and oxygen atoms in total. The summed E-state index contributed by atoms with van der Waals surface area (Å²) in [5.41, 5.74) is 2.36. The van der Waals surface area contributed by atoms with Gasteiger partial charge < -0.3 is 4.43 Å². The molecule has 6 heteroatoms. The molecule has 1 aromatic rings. The zero-order valence-electron chi connectivity index (χ0n) is 12.7. The van der Waals surface area contributed by atoms with Crippen LogP contribution in [0.4, 0.5) is 13.2 Å². The first-order valence-corrected chi connectivity index (χ1v) is 10.6. The number of alkyl halides is 3. The molecule has 0 amide bonds. The second kappa shape index (κ2) is 6.10. The van der Waals surface area contributed by atoms with E-state index in [9.17, 15) is 13.2 Å². The van der Waals surface area contributed by atoms with Gasteiger partial charge in [0, 0.05) is 19.6 Å². The Morgan fingerprint density at radius 2 is 1.81 bits per heavy atom. The van der Waals surface area contributed by atoms with Gasteiger partial charge in [0.05, 0.1) is 0 Å². The first-order chi connectivity index (χ1) is 9.65. The third-order valence-corrected chi connectivity index (χ3v) is 4.49. The molecule has 0 N–H and O–H groups in total. The fraction of sp³-hybridized carbons (Fsp3) is 0.600. The average molecular weight is 317 g/mol. The highest BCUT2D eigenvalue weighted by Crippen LogP contribution is 2.28. The molecule has 0 fully saturated rings. The maximum atomic E-state index is 13.2. The van der Waals surface area contributed by atoms with E-state index in [4.69, 9.17) is 4.43 Å². The SMILES string of the molecule is C[Si](C)(C)O[C@H](CN1CCc2ccccc2C1)C(F)(F)F. The number of halogens is 3. The van der Waals surface area contributed by atoms with Crippen molar-refractivity contribution >= 4 is 8.32 Å². The van der Waals surface area contributed by atoms with Gasteiger partial charge >= 0.3 is 6.18 Å². The quantitative estimate of drug-likeness (QED) is 0.783. The van der Waals surface area contributed by atoms with E-state index in [1.807, 2.05) is 29.2 Å². The van der Waals surface area contributed by atoms with Crippen LogP contribution >= 0.6 is 0 Å². The van der Waals surface area contributed by atoms with Crippen molar-refractivity contribution in [3.63, 3.8) is 0 Å². The zero-order chi connectivity index (χ0) is 15.7. The van der Waals surface area contributed by atoms with Gasteiger partial charge in [-0.05, 0) is 37.2 Å². The van der Waals surface area contributed by atoms with Crippen LogP contribution < -0.4 is 0 Å². The molecule has 1 aliphatic heterocycles. The third-order valence-electron chi connectivity index (χ3n) is 3.49. The highest BCUT2D eigenvalue weighted by Gasteiger charge is 2.44. The fourth-order valence-electron chi connectivity index (χ4n) is 2.58. The predicted molar refractivity (Wildman–Crippen MR) is 79.7 cm³/mol. The molecule has 21 heavy (non-hydrogen) atoms. The van der Waals surface area contributed by atoms with Crippen molar-refractivity contribution in [1.29, 1.82) is 0 Å². The number of hydrogen-bond donors (Lipinski definition) is 0. The summed E-state index contributed by atoms with van der Waals surface area (Å²) in [7, 11) is -2.23. The van der Waals surface area contributed by atoms with Crippen molar-refractivity contribution in [2.24, 2.45) is 0 Å². The Kier molecular flexibility index (Phi) is 4.80. The Hall–Kier alpha value is -0.853. The summed E-state index contributed by atoms with van der Waals surface area (Å²) in [5, 5.41) is 0. The third kappa shape index (κ3) is 4.83. The van der Waals surface area contributed by atoms with Gasteiger partial charge in [0.2, 0.25) is 0 Å². The lowest BCUT2D eigenvalue weighted by Crippen LogP contribution is -2.48. The fourth-order valence-corrected chi connectivity index (χ4v) is 3.64. The Morgan fingerprint density at radius 1 is 1.19 bits per heavy atom. The number of rotatable bonds is 4. The summed E-state index contributed by atoms with van der Waals surface area (Å²) >= 11 is 0. The molecule has 0 spiro atoms. The molecule has 0 radical (unpaired) electrons. The molecule has 1 heterocycles. The minimum Gasteiger partial charge on any atom is -0.405 e. The topological polar surface area (TPSA) is 12.5 Å². The number of benzene rings is 1. The van der Waals surface area contributed by atoms with Crippen molar-refractivity contribution in [3.05, 3.63) is 35.4 Å². The monoisotopic (exact) mass is 317 g/mol. The van der Waals surface area contributed by atoms with Gasteiger partial charge in [-0.3, -0.25) is 4.90 Å². The van der Waals surface area contributed by atoms with Gasteiger partial charge in [0.1, 0.15) is 0 Å².